The molecule has 0 unspecified atom stereocenters. The molecule has 0 spiro atoms. The topological polar surface area (TPSA) is 49.2 Å². The van der Waals surface area contributed by atoms with Crippen LogP contribution in [-0.4, -0.2) is 23.0 Å². The first-order chi connectivity index (χ1) is 5.54. The van der Waals surface area contributed by atoms with Crippen LogP contribution in [0.2, 0.25) is 0 Å². The second-order valence-corrected chi connectivity index (χ2v) is 3.75. The number of hydrogen-bond acceptors (Lipinski definition) is 2. The van der Waals surface area contributed by atoms with Gasteiger partial charge < -0.3 is 22.9 Å². The molecule has 3 N–H and O–H groups in total. The summed E-state index contributed by atoms with van der Waals surface area (Å²) in [6.45, 7) is 9.25. The van der Waals surface area contributed by atoms with E-state index in [0.29, 0.717) is 0 Å². The molecule has 0 saturated heterocycles. The highest BCUT2D eigenvalue weighted by Gasteiger charge is 2.24. The molecule has 13 heavy (non-hydrogen) atoms. The minimum Gasteiger partial charge on any atom is -1.00 e. The molecule has 0 aliphatic rings. The van der Waals surface area contributed by atoms with E-state index in [0.717, 1.165) is 12.3 Å². The average molecular weight is 209 g/mol. The molecule has 0 aliphatic heterocycles. The lowest BCUT2D eigenvalue weighted by atomic mass is 9.99. The molecule has 0 aromatic carbocycles. The van der Waals surface area contributed by atoms with Crippen LogP contribution in [0.1, 0.15) is 40.5 Å². The fourth-order valence-electron chi connectivity index (χ4n) is 0.944. The maximum absolute atomic E-state index is 8.59. The molecular formula is C9H21ClN2O. The summed E-state index contributed by atoms with van der Waals surface area (Å²) in [5, 5.41) is 14.0. The molecule has 0 aliphatic carbocycles. The Morgan fingerprint density at radius 1 is 1.46 bits per heavy atom. The Balaban J connectivity index is 0. The Morgan fingerprint density at radius 2 is 2.00 bits per heavy atom. The maximum atomic E-state index is 8.59. The van der Waals surface area contributed by atoms with E-state index < -0.39 is 0 Å². The van der Waals surface area contributed by atoms with Gasteiger partial charge in [0, 0.05) is 0 Å². The number of hydrogen-bond donors (Lipinski definition) is 2. The van der Waals surface area contributed by atoms with Crippen LogP contribution in [0.15, 0.2) is 5.16 Å². The average Bonchev–Trinajstić information content (AvgIpc) is 2.03. The zero-order chi connectivity index (χ0) is 9.61. The summed E-state index contributed by atoms with van der Waals surface area (Å²) < 4.78 is 0. The lowest BCUT2D eigenvalue weighted by Gasteiger charge is -2.21. The van der Waals surface area contributed by atoms with Crippen LogP contribution in [0.4, 0.5) is 0 Å². The molecule has 0 bridgehead atoms. The van der Waals surface area contributed by atoms with E-state index in [9.17, 15) is 0 Å². The van der Waals surface area contributed by atoms with E-state index in [2.05, 4.69) is 31.2 Å². The molecule has 0 rings (SSSR count). The molecule has 0 heterocycles. The molecule has 0 amide bonds. The van der Waals surface area contributed by atoms with Crippen molar-refractivity contribution < 1.29 is 22.9 Å². The number of nitrogens with zero attached hydrogens (tertiary/aromatic N) is 1. The third-order valence-electron chi connectivity index (χ3n) is 2.29. The number of rotatable bonds is 5. The van der Waals surface area contributed by atoms with Crippen molar-refractivity contribution in [2.24, 2.45) is 5.16 Å². The van der Waals surface area contributed by atoms with Crippen LogP contribution in [0.25, 0.3) is 0 Å². The summed E-state index contributed by atoms with van der Waals surface area (Å²) >= 11 is 0. The van der Waals surface area contributed by atoms with E-state index in [-0.39, 0.29) is 17.9 Å². The zero-order valence-corrected chi connectivity index (χ0v) is 9.73. The van der Waals surface area contributed by atoms with Crippen molar-refractivity contribution in [1.82, 2.24) is 0 Å². The number of halogens is 1. The Hall–Kier alpha value is -0.280. The van der Waals surface area contributed by atoms with E-state index in [1.807, 2.05) is 6.92 Å². The van der Waals surface area contributed by atoms with Crippen molar-refractivity contribution in [1.29, 1.82) is 0 Å². The number of unbranched alkanes of at least 4 members (excludes halogenated alkanes) is 1. The summed E-state index contributed by atoms with van der Waals surface area (Å²) in [7, 11) is 0. The molecule has 0 saturated carbocycles. The van der Waals surface area contributed by atoms with E-state index in [4.69, 9.17) is 5.21 Å². The first-order valence-corrected chi connectivity index (χ1v) is 4.58. The summed E-state index contributed by atoms with van der Waals surface area (Å²) in [5.74, 6) is 0. The highest BCUT2D eigenvalue weighted by atomic mass is 35.5. The van der Waals surface area contributed by atoms with E-state index >= 15 is 0 Å². The van der Waals surface area contributed by atoms with Gasteiger partial charge in [0.25, 0.3) is 0 Å². The number of oxime groups is 1. The summed E-state index contributed by atoms with van der Waals surface area (Å²) in [6, 6.07) is 0. The second kappa shape index (κ2) is 7.15. The van der Waals surface area contributed by atoms with Gasteiger partial charge in [-0.15, -0.1) is 0 Å². The van der Waals surface area contributed by atoms with Crippen molar-refractivity contribution in [2.45, 2.75) is 46.1 Å². The van der Waals surface area contributed by atoms with Gasteiger partial charge in [-0.3, -0.25) is 0 Å². The Morgan fingerprint density at radius 3 is 2.38 bits per heavy atom. The first kappa shape index (κ1) is 15.2. The normalized spacial score (nSPS) is 12.5. The molecule has 3 nitrogen and oxygen atoms in total. The van der Waals surface area contributed by atoms with Crippen molar-refractivity contribution in [3.05, 3.63) is 0 Å². The lowest BCUT2D eigenvalue weighted by molar-refractivity contribution is -0.703. The largest absolute Gasteiger partial charge is 1.00 e. The molecule has 0 fully saturated rings. The molecule has 0 aromatic rings. The standard InChI is InChI=1S/C9H20N2O.ClH/c1-5-6-7-10-9(3,4)8(2)11-12;/h10,12H,5-7H2,1-4H3;1H/b11-8-;. The molecule has 0 aromatic heterocycles. The third-order valence-corrected chi connectivity index (χ3v) is 2.29. The van der Waals surface area contributed by atoms with Gasteiger partial charge in [-0.25, -0.2) is 0 Å². The van der Waals surface area contributed by atoms with Crippen molar-refractivity contribution in [3.8, 4) is 0 Å². The minimum atomic E-state index is -0.0656. The summed E-state index contributed by atoms with van der Waals surface area (Å²) in [6.07, 6.45) is 2.42. The van der Waals surface area contributed by atoms with Gasteiger partial charge >= 0.3 is 0 Å². The van der Waals surface area contributed by atoms with E-state index in [1.54, 1.807) is 0 Å². The van der Waals surface area contributed by atoms with E-state index in [1.165, 1.54) is 12.8 Å². The summed E-state index contributed by atoms with van der Waals surface area (Å²) in [5.41, 5.74) is 0.711. The fourth-order valence-corrected chi connectivity index (χ4v) is 0.944. The Bertz CT molecular complexity index is 158. The smallest absolute Gasteiger partial charge is 0.132 e. The monoisotopic (exact) mass is 208 g/mol. The Labute approximate surface area is 87.0 Å². The highest BCUT2D eigenvalue weighted by molar-refractivity contribution is 5.88. The molecular weight excluding hydrogens is 188 g/mol. The van der Waals surface area contributed by atoms with Gasteiger partial charge in [0.1, 0.15) is 11.3 Å². The SMILES string of the molecule is CCCC[NH2+]C(C)(C)/C(C)=N\O.[Cl-]. The number of nitrogens with two attached hydrogens (primary N) is 1. The van der Waals surface area contributed by atoms with Crippen LogP contribution in [0.3, 0.4) is 0 Å². The Kier molecular flexibility index (Phi) is 8.37. The molecule has 0 radical (unpaired) electrons. The van der Waals surface area contributed by atoms with Crippen molar-refractivity contribution >= 4 is 5.71 Å². The third kappa shape index (κ3) is 5.88. The molecule has 80 valence electrons. The van der Waals surface area contributed by atoms with Crippen LogP contribution in [0.5, 0.6) is 0 Å². The highest BCUT2D eigenvalue weighted by Crippen LogP contribution is 1.97. The second-order valence-electron chi connectivity index (χ2n) is 3.75. The zero-order valence-electron chi connectivity index (χ0n) is 8.97. The van der Waals surface area contributed by atoms with Crippen molar-refractivity contribution in [3.63, 3.8) is 0 Å². The fraction of sp³-hybridized carbons (Fsp3) is 0.889. The molecule has 0 atom stereocenters. The van der Waals surface area contributed by atoms with Gasteiger partial charge in [-0.1, -0.05) is 18.5 Å². The number of quaternary nitrogens is 1. The van der Waals surface area contributed by atoms with Crippen LogP contribution in [-0.2, 0) is 0 Å². The van der Waals surface area contributed by atoms with Gasteiger partial charge in [0.05, 0.1) is 6.54 Å². The lowest BCUT2D eigenvalue weighted by Crippen LogP contribution is -3.00. The molecule has 4 heteroatoms. The van der Waals surface area contributed by atoms with Crippen LogP contribution in [0, 0.1) is 0 Å². The maximum Gasteiger partial charge on any atom is 0.132 e. The quantitative estimate of drug-likeness (QED) is 0.233. The first-order valence-electron chi connectivity index (χ1n) is 4.58. The predicted octanol–water partition coefficient (Wildman–Crippen LogP) is -2.02. The van der Waals surface area contributed by atoms with Gasteiger partial charge in [-0.2, -0.15) is 0 Å². The van der Waals surface area contributed by atoms with Gasteiger partial charge in [0.2, 0.25) is 0 Å². The van der Waals surface area contributed by atoms with Crippen LogP contribution < -0.4 is 17.7 Å². The van der Waals surface area contributed by atoms with Gasteiger partial charge in [-0.05, 0) is 27.2 Å². The summed E-state index contributed by atoms with van der Waals surface area (Å²) in [4.78, 5) is 0. The van der Waals surface area contributed by atoms with Crippen molar-refractivity contribution in [2.75, 3.05) is 6.54 Å². The predicted molar refractivity (Wildman–Crippen MR) is 50.7 cm³/mol. The van der Waals surface area contributed by atoms with Gasteiger partial charge in [0.15, 0.2) is 0 Å². The minimum absolute atomic E-state index is 0. The van der Waals surface area contributed by atoms with Crippen LogP contribution >= 0.6 is 0 Å².